The van der Waals surface area contributed by atoms with Gasteiger partial charge in [0.05, 0.1) is 12.8 Å². The molecule has 0 spiro atoms. The van der Waals surface area contributed by atoms with Crippen molar-refractivity contribution in [3.05, 3.63) is 132 Å². The van der Waals surface area contributed by atoms with Gasteiger partial charge in [0.2, 0.25) is 0 Å². The molecular formula is C49H54N2O12. The predicted molar refractivity (Wildman–Crippen MR) is 234 cm³/mol. The molecule has 0 radical (unpaired) electrons. The molecule has 0 unspecified atom stereocenters. The number of carbonyl (C=O) groups excluding carboxylic acids is 5. The van der Waals surface area contributed by atoms with Crippen molar-refractivity contribution >= 4 is 36.1 Å². The molecule has 14 nitrogen and oxygen atoms in total. The van der Waals surface area contributed by atoms with E-state index in [0.29, 0.717) is 0 Å². The summed E-state index contributed by atoms with van der Waals surface area (Å²) in [5.41, 5.74) is 7.18. The Morgan fingerprint density at radius 3 is 1.24 bits per heavy atom. The lowest BCUT2D eigenvalue weighted by Crippen LogP contribution is -2.44. The molecule has 2 aliphatic carbocycles. The summed E-state index contributed by atoms with van der Waals surface area (Å²) >= 11 is 0. The van der Waals surface area contributed by atoms with Crippen LogP contribution in [0.5, 0.6) is 0 Å². The third-order valence-corrected chi connectivity index (χ3v) is 9.78. The largest absolute Gasteiger partial charge is 0.480 e. The summed E-state index contributed by atoms with van der Waals surface area (Å²) in [6, 6.07) is 29.1. The highest BCUT2D eigenvalue weighted by Gasteiger charge is 2.33. The monoisotopic (exact) mass is 862 g/mol. The van der Waals surface area contributed by atoms with Gasteiger partial charge in [-0.1, -0.05) is 110 Å². The topological polar surface area (TPSA) is 193 Å². The number of amides is 2. The SMILES string of the molecule is C=CCOC(=O)[C@H](CC(=O)OC(C)(C)C)NC(=O)OCC1c2ccccc2-c2ccccc21.CC(C)(C)OC(=O)C[C@H](NC(=O)OCC1c2ccccc2-c2ccccc21)C(=O)O. The maximum absolute atomic E-state index is 12.6. The second kappa shape index (κ2) is 20.7. The molecule has 0 fully saturated rings. The number of rotatable bonds is 14. The molecule has 4 aromatic rings. The van der Waals surface area contributed by atoms with Crippen LogP contribution in [0.2, 0.25) is 0 Å². The number of fused-ring (bicyclic) bond motifs is 6. The van der Waals surface area contributed by atoms with Crippen molar-refractivity contribution in [2.24, 2.45) is 0 Å². The van der Waals surface area contributed by atoms with E-state index in [9.17, 15) is 33.9 Å². The number of alkyl carbamates (subject to hydrolysis) is 2. The number of aliphatic carboxylic acids is 1. The van der Waals surface area contributed by atoms with E-state index >= 15 is 0 Å². The number of esters is 3. The quantitative estimate of drug-likeness (QED) is 0.0628. The second-order valence-corrected chi connectivity index (χ2v) is 16.9. The minimum absolute atomic E-state index is 0.0456. The molecule has 2 amide bonds. The molecule has 14 heteroatoms. The average Bonchev–Trinajstić information content (AvgIpc) is 3.71. The summed E-state index contributed by atoms with van der Waals surface area (Å²) in [5.74, 6) is -3.73. The lowest BCUT2D eigenvalue weighted by Gasteiger charge is -2.22. The lowest BCUT2D eigenvalue weighted by molar-refractivity contribution is -0.159. The summed E-state index contributed by atoms with van der Waals surface area (Å²) < 4.78 is 26.2. The van der Waals surface area contributed by atoms with Crippen molar-refractivity contribution < 1.29 is 57.6 Å². The fourth-order valence-corrected chi connectivity index (χ4v) is 7.30. The highest BCUT2D eigenvalue weighted by molar-refractivity contribution is 5.87. The fraction of sp³-hybridized carbons (Fsp3) is 0.347. The Morgan fingerprint density at radius 1 is 0.571 bits per heavy atom. The third kappa shape index (κ3) is 13.0. The minimum Gasteiger partial charge on any atom is -0.480 e. The molecule has 6 rings (SSSR count). The minimum atomic E-state index is -1.43. The molecule has 4 aromatic carbocycles. The van der Waals surface area contributed by atoms with Crippen LogP contribution in [0, 0.1) is 0 Å². The molecule has 63 heavy (non-hydrogen) atoms. The Bertz CT molecular complexity index is 2230. The van der Waals surface area contributed by atoms with Crippen LogP contribution in [-0.2, 0) is 42.9 Å². The maximum atomic E-state index is 12.6. The van der Waals surface area contributed by atoms with Crippen LogP contribution in [0.3, 0.4) is 0 Å². The van der Waals surface area contributed by atoms with Crippen LogP contribution in [0.25, 0.3) is 22.3 Å². The van der Waals surface area contributed by atoms with Crippen molar-refractivity contribution in [1.82, 2.24) is 10.6 Å². The molecule has 0 aliphatic heterocycles. The smallest absolute Gasteiger partial charge is 0.407 e. The van der Waals surface area contributed by atoms with Gasteiger partial charge in [-0.25, -0.2) is 19.2 Å². The first kappa shape index (κ1) is 47.1. The van der Waals surface area contributed by atoms with Crippen LogP contribution in [0.1, 0.15) is 88.5 Å². The highest BCUT2D eigenvalue weighted by atomic mass is 16.6. The van der Waals surface area contributed by atoms with E-state index in [1.807, 2.05) is 97.1 Å². The van der Waals surface area contributed by atoms with Crippen LogP contribution < -0.4 is 10.6 Å². The molecule has 332 valence electrons. The zero-order chi connectivity index (χ0) is 45.9. The van der Waals surface area contributed by atoms with Gasteiger partial charge in [0, 0.05) is 11.8 Å². The molecule has 3 N–H and O–H groups in total. The van der Waals surface area contributed by atoms with Gasteiger partial charge >= 0.3 is 36.1 Å². The number of carbonyl (C=O) groups is 6. The third-order valence-electron chi connectivity index (χ3n) is 9.78. The Morgan fingerprint density at radius 2 is 0.905 bits per heavy atom. The number of hydrogen-bond donors (Lipinski definition) is 3. The van der Waals surface area contributed by atoms with Crippen LogP contribution in [0.15, 0.2) is 110 Å². The molecular weight excluding hydrogens is 809 g/mol. The molecule has 0 bridgehead atoms. The van der Waals surface area contributed by atoms with Crippen LogP contribution in [-0.4, -0.2) is 84.3 Å². The van der Waals surface area contributed by atoms with Gasteiger partial charge in [-0.15, -0.1) is 0 Å². The van der Waals surface area contributed by atoms with E-state index in [-0.39, 0.29) is 38.1 Å². The Balaban J connectivity index is 0.000000239. The summed E-state index contributed by atoms with van der Waals surface area (Å²) in [4.78, 5) is 72.8. The van der Waals surface area contributed by atoms with Gasteiger partial charge in [-0.05, 0) is 86.1 Å². The van der Waals surface area contributed by atoms with Crippen LogP contribution in [0.4, 0.5) is 9.59 Å². The van der Waals surface area contributed by atoms with Gasteiger partial charge in [0.15, 0.2) is 0 Å². The van der Waals surface area contributed by atoms with E-state index < -0.39 is 65.8 Å². The summed E-state index contributed by atoms with van der Waals surface area (Å²) in [7, 11) is 0. The Kier molecular flexibility index (Phi) is 15.5. The number of carboxylic acids is 1. The highest BCUT2D eigenvalue weighted by Crippen LogP contribution is 2.45. The molecule has 0 saturated heterocycles. The first-order valence-electron chi connectivity index (χ1n) is 20.5. The van der Waals surface area contributed by atoms with E-state index in [0.717, 1.165) is 44.5 Å². The molecule has 0 heterocycles. The lowest BCUT2D eigenvalue weighted by atomic mass is 9.98. The summed E-state index contributed by atoms with van der Waals surface area (Å²) in [6.45, 7) is 13.8. The molecule has 0 aromatic heterocycles. The summed E-state index contributed by atoms with van der Waals surface area (Å²) in [6.07, 6.45) is -1.18. The van der Waals surface area contributed by atoms with E-state index in [2.05, 4.69) is 17.2 Å². The van der Waals surface area contributed by atoms with Gasteiger partial charge in [-0.3, -0.25) is 9.59 Å². The van der Waals surface area contributed by atoms with Crippen LogP contribution >= 0.6 is 0 Å². The van der Waals surface area contributed by atoms with Gasteiger partial charge in [-0.2, -0.15) is 0 Å². The van der Waals surface area contributed by atoms with Gasteiger partial charge < -0.3 is 39.4 Å². The van der Waals surface area contributed by atoms with Crippen molar-refractivity contribution in [3.8, 4) is 22.3 Å². The summed E-state index contributed by atoms with van der Waals surface area (Å²) in [5, 5.41) is 14.0. The second-order valence-electron chi connectivity index (χ2n) is 16.9. The zero-order valence-corrected chi connectivity index (χ0v) is 36.3. The number of hydrogen-bond acceptors (Lipinski definition) is 11. The van der Waals surface area contributed by atoms with Gasteiger partial charge in [0.1, 0.15) is 43.1 Å². The first-order valence-corrected chi connectivity index (χ1v) is 20.5. The number of ether oxygens (including phenoxy) is 5. The Hall–Kier alpha value is -6.96. The van der Waals surface area contributed by atoms with Gasteiger partial charge in [0.25, 0.3) is 0 Å². The normalized spacial score (nSPS) is 13.5. The standard InChI is InChI=1S/C26H29NO6.C23H25NO6/c1-5-14-31-24(29)22(15-23(28)33-26(2,3)4)27-25(30)32-16-21-19-12-8-6-10-17(19)18-11-7-9-13-20(18)21;1-23(2,3)30-20(25)12-19(21(26)27)24-22(28)29-13-18-16-10-6-4-8-14(16)15-9-5-7-11-17(15)18/h5-13,21-22H,1,14-16H2,2-4H3,(H,27,30);4-11,18-19H,12-13H2,1-3H3,(H,24,28)(H,26,27)/t22-;19-/m00/s1. The van der Waals surface area contributed by atoms with Crippen molar-refractivity contribution in [1.29, 1.82) is 0 Å². The first-order chi connectivity index (χ1) is 29.8. The van der Waals surface area contributed by atoms with E-state index in [4.69, 9.17) is 23.7 Å². The van der Waals surface area contributed by atoms with Crippen molar-refractivity contribution in [2.45, 2.75) is 89.5 Å². The molecule has 2 atom stereocenters. The zero-order valence-electron chi connectivity index (χ0n) is 36.3. The Labute approximate surface area is 366 Å². The maximum Gasteiger partial charge on any atom is 0.407 e. The fourth-order valence-electron chi connectivity index (χ4n) is 7.30. The van der Waals surface area contributed by atoms with E-state index in [1.54, 1.807) is 41.5 Å². The number of carboxylic acid groups (broad SMARTS) is 1. The average molecular weight is 863 g/mol. The number of nitrogens with one attached hydrogen (secondary N) is 2. The predicted octanol–water partition coefficient (Wildman–Crippen LogP) is 8.06. The number of benzene rings is 4. The molecule has 2 aliphatic rings. The van der Waals surface area contributed by atoms with Crippen molar-refractivity contribution in [3.63, 3.8) is 0 Å². The van der Waals surface area contributed by atoms with Crippen molar-refractivity contribution in [2.75, 3.05) is 19.8 Å². The molecule has 0 saturated carbocycles. The van der Waals surface area contributed by atoms with E-state index in [1.165, 1.54) is 6.08 Å².